The van der Waals surface area contributed by atoms with Gasteiger partial charge in [0.1, 0.15) is 5.01 Å². The molecule has 232 valence electrons. The highest BCUT2D eigenvalue weighted by atomic mass is 32.1. The van der Waals surface area contributed by atoms with Crippen LogP contribution in [0.25, 0.3) is 21.5 Å². The van der Waals surface area contributed by atoms with E-state index in [2.05, 4.69) is 25.7 Å². The van der Waals surface area contributed by atoms with E-state index < -0.39 is 36.2 Å². The average Bonchev–Trinajstić information content (AvgIpc) is 3.58. The van der Waals surface area contributed by atoms with Crippen molar-refractivity contribution in [1.29, 1.82) is 0 Å². The van der Waals surface area contributed by atoms with Crippen molar-refractivity contribution in [3.8, 4) is 10.6 Å². The van der Waals surface area contributed by atoms with Gasteiger partial charge >= 0.3 is 18.3 Å². The van der Waals surface area contributed by atoms with Crippen LogP contribution in [0.5, 0.6) is 0 Å². The number of nitrogens with zero attached hydrogens (tertiary/aromatic N) is 4. The van der Waals surface area contributed by atoms with Crippen LogP contribution in [-0.2, 0) is 22.1 Å². The fraction of sp³-hybridized carbons (Fsp3) is 0.429. The third-order valence-electron chi connectivity index (χ3n) is 6.78. The van der Waals surface area contributed by atoms with Crippen molar-refractivity contribution in [2.75, 3.05) is 18.4 Å². The number of carbonyl (C=O) groups is 1. The molecule has 0 amide bonds. The molecule has 8 nitrogen and oxygen atoms in total. The summed E-state index contributed by atoms with van der Waals surface area (Å²) in [6, 6.07) is 9.76. The second-order valence-electron chi connectivity index (χ2n) is 9.92. The van der Waals surface area contributed by atoms with Crippen LogP contribution in [0, 0.1) is 6.92 Å². The summed E-state index contributed by atoms with van der Waals surface area (Å²) in [6.07, 6.45) is -10.5. The second kappa shape index (κ2) is 13.3. The summed E-state index contributed by atoms with van der Waals surface area (Å²) >= 11 is 1.24. The predicted molar refractivity (Wildman–Crippen MR) is 150 cm³/mol. The molecule has 0 bridgehead atoms. The molecule has 2 N–H and O–H groups in total. The number of benzene rings is 2. The Balaban J connectivity index is 1.61. The van der Waals surface area contributed by atoms with Gasteiger partial charge in [-0.1, -0.05) is 43.4 Å². The van der Waals surface area contributed by atoms with Crippen LogP contribution in [-0.4, -0.2) is 62.8 Å². The van der Waals surface area contributed by atoms with E-state index in [4.69, 9.17) is 4.74 Å². The quantitative estimate of drug-likeness (QED) is 0.0993. The molecule has 2 aromatic heterocycles. The van der Waals surface area contributed by atoms with E-state index in [9.17, 15) is 31.1 Å². The first-order valence-electron chi connectivity index (χ1n) is 13.5. The van der Waals surface area contributed by atoms with Gasteiger partial charge in [0.25, 0.3) is 0 Å². The van der Waals surface area contributed by atoms with Gasteiger partial charge in [-0.2, -0.15) is 31.4 Å². The van der Waals surface area contributed by atoms with Crippen molar-refractivity contribution in [2.24, 2.45) is 0 Å². The number of halogens is 6. The van der Waals surface area contributed by atoms with E-state index in [-0.39, 0.29) is 25.9 Å². The highest BCUT2D eigenvalue weighted by Crippen LogP contribution is 2.32. The molecule has 0 aliphatic rings. The number of aromatic nitrogens is 4. The molecule has 0 saturated carbocycles. The maximum absolute atomic E-state index is 13.4. The molecule has 2 unspecified atom stereocenters. The van der Waals surface area contributed by atoms with Crippen molar-refractivity contribution in [3.05, 3.63) is 59.3 Å². The first-order valence-corrected chi connectivity index (χ1v) is 14.3. The lowest BCUT2D eigenvalue weighted by atomic mass is 10.0. The zero-order chi connectivity index (χ0) is 31.4. The van der Waals surface area contributed by atoms with E-state index >= 15 is 0 Å². The molecule has 0 radical (unpaired) electrons. The van der Waals surface area contributed by atoms with Gasteiger partial charge in [-0.25, -0.2) is 4.79 Å². The van der Waals surface area contributed by atoms with Gasteiger partial charge in [0.15, 0.2) is 6.23 Å². The second-order valence-corrected chi connectivity index (χ2v) is 10.9. The highest BCUT2D eigenvalue weighted by Gasteiger charge is 2.43. The minimum absolute atomic E-state index is 0.0269. The van der Waals surface area contributed by atoms with Crippen LogP contribution in [0.2, 0.25) is 0 Å². The van der Waals surface area contributed by atoms with Crippen molar-refractivity contribution in [3.63, 3.8) is 0 Å². The summed E-state index contributed by atoms with van der Waals surface area (Å²) < 4.78 is 84.3. The van der Waals surface area contributed by atoms with Crippen molar-refractivity contribution in [2.45, 2.75) is 64.7 Å². The number of aryl methyl sites for hydroxylation is 1. The van der Waals surface area contributed by atoms with Crippen molar-refractivity contribution in [1.82, 2.24) is 25.3 Å². The summed E-state index contributed by atoms with van der Waals surface area (Å²) in [4.78, 5) is 13.3. The number of fused-ring (bicyclic) bond motifs is 1. The zero-order valence-electron chi connectivity index (χ0n) is 23.5. The Labute approximate surface area is 247 Å². The minimum Gasteiger partial charge on any atom is -0.440 e. The molecule has 4 aromatic rings. The number of esters is 1. The summed E-state index contributed by atoms with van der Waals surface area (Å²) in [5.74, 6) is -2.33. The predicted octanol–water partition coefficient (Wildman–Crippen LogP) is 6.99. The number of H-pyrrole nitrogens is 1. The van der Waals surface area contributed by atoms with Crippen LogP contribution in [0.15, 0.2) is 42.5 Å². The fourth-order valence-electron chi connectivity index (χ4n) is 4.74. The first-order chi connectivity index (χ1) is 20.3. The van der Waals surface area contributed by atoms with Crippen molar-refractivity contribution >= 4 is 33.3 Å². The summed E-state index contributed by atoms with van der Waals surface area (Å²) in [7, 11) is 0. The number of anilines is 1. The van der Waals surface area contributed by atoms with E-state index in [1.54, 1.807) is 18.7 Å². The lowest BCUT2D eigenvalue weighted by Crippen LogP contribution is -2.50. The maximum Gasteiger partial charge on any atom is 0.490 e. The summed E-state index contributed by atoms with van der Waals surface area (Å²) in [6.45, 7) is 5.54. The molecule has 0 aliphatic carbocycles. The van der Waals surface area contributed by atoms with E-state index in [0.29, 0.717) is 22.1 Å². The molecule has 0 aliphatic heterocycles. The molecule has 4 rings (SSSR count). The fourth-order valence-corrected chi connectivity index (χ4v) is 5.49. The first kappa shape index (κ1) is 32.2. The molecular weight excluding hydrogens is 598 g/mol. The molecule has 2 heterocycles. The van der Waals surface area contributed by atoms with Gasteiger partial charge < -0.3 is 10.1 Å². The number of ether oxygens (including phenoxy) is 1. The van der Waals surface area contributed by atoms with Gasteiger partial charge in [-0.05, 0) is 56.0 Å². The molecular formula is C28H30F6N6O2S. The van der Waals surface area contributed by atoms with Crippen LogP contribution < -0.4 is 5.32 Å². The van der Waals surface area contributed by atoms with E-state index in [0.717, 1.165) is 34.3 Å². The van der Waals surface area contributed by atoms with Gasteiger partial charge in [0.05, 0.1) is 16.8 Å². The van der Waals surface area contributed by atoms with Gasteiger partial charge in [0, 0.05) is 30.1 Å². The largest absolute Gasteiger partial charge is 0.490 e. The van der Waals surface area contributed by atoms with Gasteiger partial charge in [-0.3, -0.25) is 10.00 Å². The normalized spacial score (nSPS) is 13.8. The third kappa shape index (κ3) is 8.02. The van der Waals surface area contributed by atoms with Crippen LogP contribution >= 0.6 is 11.3 Å². The minimum atomic E-state index is -5.19. The summed E-state index contributed by atoms with van der Waals surface area (Å²) in [5.41, 5.74) is 1.98. The number of nitrogens with one attached hydrogen (secondary N) is 2. The highest BCUT2D eigenvalue weighted by molar-refractivity contribution is 7.18. The molecule has 43 heavy (non-hydrogen) atoms. The number of alkyl halides is 6. The Morgan fingerprint density at radius 2 is 1.86 bits per heavy atom. The van der Waals surface area contributed by atoms with Gasteiger partial charge in [0.2, 0.25) is 5.13 Å². The monoisotopic (exact) mass is 628 g/mol. The van der Waals surface area contributed by atoms with Crippen LogP contribution in [0.3, 0.4) is 0 Å². The number of aromatic amines is 1. The van der Waals surface area contributed by atoms with E-state index in [1.165, 1.54) is 23.5 Å². The lowest BCUT2D eigenvalue weighted by Gasteiger charge is -2.37. The maximum atomic E-state index is 13.4. The molecule has 0 saturated heterocycles. The van der Waals surface area contributed by atoms with Gasteiger partial charge in [-0.15, -0.1) is 10.2 Å². The Morgan fingerprint density at radius 1 is 1.09 bits per heavy atom. The topological polar surface area (TPSA) is 96.0 Å². The van der Waals surface area contributed by atoms with Crippen LogP contribution in [0.4, 0.5) is 31.5 Å². The van der Waals surface area contributed by atoms with Crippen LogP contribution in [0.1, 0.15) is 43.5 Å². The number of carbonyl (C=O) groups excluding carboxylic acids is 1. The lowest BCUT2D eigenvalue weighted by molar-refractivity contribution is -0.214. The average molecular weight is 629 g/mol. The Kier molecular flexibility index (Phi) is 9.95. The van der Waals surface area contributed by atoms with E-state index in [1.807, 2.05) is 25.1 Å². The standard InChI is InChI=1S/C28H30F6N6O2S/c1-4-11-40(23(5-2)42-25(41)28(32,33)34)20(13-17-7-6-8-19(12-17)27(29,30)31)15-35-26-39-38-24(43-26)18-9-10-22-21(14-18)16(3)36-37-22/h6-10,12,14,20,23H,4-5,11,13,15H2,1-3H3,(H,35,39)(H,36,37). The van der Waals surface area contributed by atoms with Crippen molar-refractivity contribution < 1.29 is 35.9 Å². The SMILES string of the molecule is CCCN(C(CNc1nnc(-c2ccc3[nH]nc(C)c3c2)s1)Cc1cccc(C(F)(F)F)c1)C(CC)OC(=O)C(F)(F)F. The number of rotatable bonds is 12. The zero-order valence-corrected chi connectivity index (χ0v) is 24.3. The third-order valence-corrected chi connectivity index (χ3v) is 7.71. The molecule has 2 aromatic carbocycles. The summed E-state index contributed by atoms with van der Waals surface area (Å²) in [5, 5.41) is 20.7. The Bertz CT molecular complexity index is 1540. The number of hydrogen-bond donors (Lipinski definition) is 2. The smallest absolute Gasteiger partial charge is 0.440 e. The molecule has 0 fully saturated rings. The molecule has 0 spiro atoms. The Morgan fingerprint density at radius 3 is 2.53 bits per heavy atom. The number of hydrogen-bond acceptors (Lipinski definition) is 8. The molecule has 2 atom stereocenters. The molecule has 15 heteroatoms. The Hall–Kier alpha value is -3.72.